The van der Waals surface area contributed by atoms with Gasteiger partial charge in [0.1, 0.15) is 11.6 Å². The summed E-state index contributed by atoms with van der Waals surface area (Å²) in [5, 5.41) is 9.64. The molecule has 0 aliphatic carbocycles. The number of nitrogens with zero attached hydrogens (tertiary/aromatic N) is 1. The number of rotatable bonds is 16. The Hall–Kier alpha value is -3.29. The second kappa shape index (κ2) is 20.3. The predicted molar refractivity (Wildman–Crippen MR) is 242 cm³/mol. The van der Waals surface area contributed by atoms with Gasteiger partial charge in [0.25, 0.3) is 0 Å². The molecule has 0 bridgehead atoms. The highest BCUT2D eigenvalue weighted by atomic mass is 28.4. The summed E-state index contributed by atoms with van der Waals surface area (Å²) in [6.45, 7) is 29.1. The van der Waals surface area contributed by atoms with E-state index in [-0.39, 0.29) is 34.6 Å². The molecule has 4 rings (SSSR count). The molecule has 0 saturated carbocycles. The minimum absolute atomic E-state index is 0.0531. The van der Waals surface area contributed by atoms with Crippen LogP contribution in [0.2, 0.25) is 18.1 Å². The molecule has 0 radical (unpaired) electrons. The molecule has 12 heteroatoms. The first-order chi connectivity index (χ1) is 27.9. The second-order valence-electron chi connectivity index (χ2n) is 20.9. The van der Waals surface area contributed by atoms with E-state index in [4.69, 9.17) is 18.6 Å². The Kier molecular flexibility index (Phi) is 16.7. The molecular weight excluding hydrogens is 773 g/mol. The molecule has 2 aliphatic rings. The molecule has 11 nitrogen and oxygen atoms in total. The standard InChI is InChI=1S/C48H78N4O7Si/c1-33(2)41(43(54)52-26-24-38(49-12)25-27-52)51-42(53)36(30-35-20-22-37(23-21-35)48(45(3,4)5)56-28-29-57-48)32-40(59-60(13,14)47(9,10)11)39(31-34-18-16-15-17-19-34)50-44(55)58-46(6,7)8/h15-23,33,36,38-41,49H,24-32H2,1-14H3,(H,50,55)(H,51,53). The number of likely N-dealkylation sites (tertiary alicyclic amines) is 1. The Labute approximate surface area is 362 Å². The van der Waals surface area contributed by atoms with Crippen molar-refractivity contribution in [1.82, 2.24) is 20.9 Å². The lowest BCUT2D eigenvalue weighted by Gasteiger charge is -2.42. The molecule has 2 aromatic rings. The number of amides is 3. The van der Waals surface area contributed by atoms with Gasteiger partial charge in [0, 0.05) is 36.0 Å². The molecule has 0 spiro atoms. The summed E-state index contributed by atoms with van der Waals surface area (Å²) < 4.78 is 25.7. The van der Waals surface area contributed by atoms with Crippen LogP contribution in [-0.4, -0.2) is 94.3 Å². The van der Waals surface area contributed by atoms with E-state index in [9.17, 15) is 9.59 Å². The van der Waals surface area contributed by atoms with Gasteiger partial charge in [-0.2, -0.15) is 0 Å². The van der Waals surface area contributed by atoms with Gasteiger partial charge in [-0.25, -0.2) is 4.79 Å². The maximum Gasteiger partial charge on any atom is 0.407 e. The first kappa shape index (κ1) is 49.4. The van der Waals surface area contributed by atoms with E-state index < -0.39 is 49.9 Å². The molecule has 2 fully saturated rings. The zero-order chi connectivity index (χ0) is 44.7. The minimum atomic E-state index is -2.51. The van der Waals surface area contributed by atoms with Crippen molar-refractivity contribution < 1.29 is 33.0 Å². The average molecular weight is 851 g/mol. The van der Waals surface area contributed by atoms with Gasteiger partial charge in [-0.15, -0.1) is 0 Å². The number of alkyl carbamates (subject to hydrolysis) is 1. The number of carbonyl (C=O) groups is 3. The first-order valence-electron chi connectivity index (χ1n) is 22.2. The van der Waals surface area contributed by atoms with Crippen LogP contribution in [0.1, 0.15) is 112 Å². The molecular formula is C48H78N4O7Si. The third-order valence-electron chi connectivity index (χ3n) is 12.5. The molecule has 336 valence electrons. The summed E-state index contributed by atoms with van der Waals surface area (Å²) in [5.41, 5.74) is 1.86. The van der Waals surface area contributed by atoms with Gasteiger partial charge in [0.05, 0.1) is 25.4 Å². The molecule has 4 unspecified atom stereocenters. The molecule has 2 aliphatic heterocycles. The molecule has 0 aromatic heterocycles. The van der Waals surface area contributed by atoms with Crippen LogP contribution in [-0.2, 0) is 46.9 Å². The summed E-state index contributed by atoms with van der Waals surface area (Å²) in [6.07, 6.45) is 1.75. The molecule has 3 amide bonds. The fourth-order valence-electron chi connectivity index (χ4n) is 7.98. The fraction of sp³-hybridized carbons (Fsp3) is 0.688. The van der Waals surface area contributed by atoms with Crippen LogP contribution in [0.5, 0.6) is 0 Å². The quantitative estimate of drug-likeness (QED) is 0.144. The van der Waals surface area contributed by atoms with Gasteiger partial charge < -0.3 is 39.5 Å². The van der Waals surface area contributed by atoms with E-state index in [1.807, 2.05) is 89.0 Å². The molecule has 2 saturated heterocycles. The highest BCUT2D eigenvalue weighted by molar-refractivity contribution is 6.74. The lowest BCUT2D eigenvalue weighted by atomic mass is 9.80. The Bertz CT molecular complexity index is 1680. The van der Waals surface area contributed by atoms with Gasteiger partial charge >= 0.3 is 6.09 Å². The summed E-state index contributed by atoms with van der Waals surface area (Å²) in [7, 11) is -0.546. The first-order valence-corrected chi connectivity index (χ1v) is 25.1. The lowest BCUT2D eigenvalue weighted by molar-refractivity contribution is -0.232. The van der Waals surface area contributed by atoms with Crippen LogP contribution >= 0.6 is 0 Å². The van der Waals surface area contributed by atoms with Gasteiger partial charge in [-0.1, -0.05) is 110 Å². The van der Waals surface area contributed by atoms with Crippen molar-refractivity contribution in [2.45, 2.75) is 162 Å². The Morgan fingerprint density at radius 1 is 0.833 bits per heavy atom. The molecule has 3 N–H and O–H groups in total. The van der Waals surface area contributed by atoms with E-state index in [0.717, 1.165) is 29.5 Å². The van der Waals surface area contributed by atoms with E-state index in [2.05, 4.69) is 82.7 Å². The lowest BCUT2D eigenvalue weighted by Crippen LogP contribution is -2.56. The van der Waals surface area contributed by atoms with Crippen LogP contribution in [0.15, 0.2) is 54.6 Å². The second-order valence-corrected chi connectivity index (χ2v) is 25.6. The number of ether oxygens (including phenoxy) is 3. The average Bonchev–Trinajstić information content (AvgIpc) is 3.67. The Morgan fingerprint density at radius 2 is 1.40 bits per heavy atom. The zero-order valence-corrected chi connectivity index (χ0v) is 40.3. The van der Waals surface area contributed by atoms with Gasteiger partial charge in [-0.3, -0.25) is 9.59 Å². The number of hydrogen-bond acceptors (Lipinski definition) is 8. The fourth-order valence-corrected chi connectivity index (χ4v) is 9.35. The smallest absolute Gasteiger partial charge is 0.407 e. The van der Waals surface area contributed by atoms with Crippen LogP contribution in [0, 0.1) is 17.3 Å². The van der Waals surface area contributed by atoms with Crippen molar-refractivity contribution in [1.29, 1.82) is 0 Å². The third kappa shape index (κ3) is 13.1. The van der Waals surface area contributed by atoms with Crippen molar-refractivity contribution in [3.63, 3.8) is 0 Å². The molecule has 60 heavy (non-hydrogen) atoms. The topological polar surface area (TPSA) is 127 Å². The van der Waals surface area contributed by atoms with Crippen LogP contribution in [0.4, 0.5) is 4.79 Å². The molecule has 4 atom stereocenters. The van der Waals surface area contributed by atoms with E-state index in [1.165, 1.54) is 0 Å². The maximum absolute atomic E-state index is 15.0. The highest BCUT2D eigenvalue weighted by Gasteiger charge is 2.49. The number of piperidine rings is 1. The number of hydrogen-bond donors (Lipinski definition) is 3. The van der Waals surface area contributed by atoms with Crippen molar-refractivity contribution in [2.24, 2.45) is 17.3 Å². The maximum atomic E-state index is 15.0. The normalized spacial score (nSPS) is 18.8. The van der Waals surface area contributed by atoms with Crippen LogP contribution in [0.3, 0.4) is 0 Å². The van der Waals surface area contributed by atoms with Crippen LogP contribution in [0.25, 0.3) is 0 Å². The van der Waals surface area contributed by atoms with Crippen molar-refractivity contribution in [3.8, 4) is 0 Å². The number of nitrogens with one attached hydrogen (secondary N) is 3. The van der Waals surface area contributed by atoms with Gasteiger partial charge in [0.15, 0.2) is 14.1 Å². The van der Waals surface area contributed by atoms with Crippen molar-refractivity contribution in [2.75, 3.05) is 33.4 Å². The minimum Gasteiger partial charge on any atom is -0.444 e. The van der Waals surface area contributed by atoms with Crippen molar-refractivity contribution >= 4 is 26.2 Å². The summed E-state index contributed by atoms with van der Waals surface area (Å²) in [5.74, 6) is -1.91. The largest absolute Gasteiger partial charge is 0.444 e. The van der Waals surface area contributed by atoms with Gasteiger partial charge in [-0.05, 0) is 95.1 Å². The molecule has 2 heterocycles. The van der Waals surface area contributed by atoms with Gasteiger partial charge in [0.2, 0.25) is 11.8 Å². The highest BCUT2D eigenvalue weighted by Crippen LogP contribution is 2.46. The SMILES string of the molecule is CNC1CCN(C(=O)C(NC(=O)C(Cc2ccc(C3(C(C)(C)C)OCCO3)cc2)CC(O[Si](C)(C)C(C)(C)C)C(Cc2ccccc2)NC(=O)OC(C)(C)C)C(C)C)CC1. The summed E-state index contributed by atoms with van der Waals surface area (Å²) in [4.78, 5) is 44.7. The Morgan fingerprint density at radius 3 is 1.90 bits per heavy atom. The monoisotopic (exact) mass is 851 g/mol. The van der Waals surface area contributed by atoms with Crippen LogP contribution < -0.4 is 16.0 Å². The molecule has 2 aromatic carbocycles. The van der Waals surface area contributed by atoms with Crippen molar-refractivity contribution in [3.05, 3.63) is 71.3 Å². The van der Waals surface area contributed by atoms with E-state index >= 15 is 4.79 Å². The zero-order valence-electron chi connectivity index (χ0n) is 39.3. The predicted octanol–water partition coefficient (Wildman–Crippen LogP) is 8.36. The number of benzene rings is 2. The van der Waals surface area contributed by atoms with E-state index in [1.54, 1.807) is 0 Å². The number of carbonyl (C=O) groups excluding carboxylic acids is 3. The third-order valence-corrected chi connectivity index (χ3v) is 17.0. The van der Waals surface area contributed by atoms with E-state index in [0.29, 0.717) is 45.2 Å². The Balaban J connectivity index is 1.78. The summed E-state index contributed by atoms with van der Waals surface area (Å²) >= 11 is 0. The summed E-state index contributed by atoms with van der Waals surface area (Å²) in [6, 6.07) is 17.4.